The van der Waals surface area contributed by atoms with Crippen molar-refractivity contribution in [3.05, 3.63) is 53.7 Å². The van der Waals surface area contributed by atoms with Crippen molar-refractivity contribution in [3.63, 3.8) is 0 Å². The van der Waals surface area contributed by atoms with E-state index in [4.69, 9.17) is 9.47 Å². The Balaban J connectivity index is 1.63. The van der Waals surface area contributed by atoms with Crippen molar-refractivity contribution in [1.82, 2.24) is 10.3 Å². The maximum absolute atomic E-state index is 12.3. The minimum atomic E-state index is -0.364. The molecule has 1 aromatic heterocycles. The number of benzene rings is 1. The molecule has 1 fully saturated rings. The molecule has 7 nitrogen and oxygen atoms in total. The number of ether oxygens (including phenoxy) is 2. The summed E-state index contributed by atoms with van der Waals surface area (Å²) >= 11 is 0. The number of rotatable bonds is 6. The number of aromatic nitrogens is 1. The van der Waals surface area contributed by atoms with Gasteiger partial charge in [-0.15, -0.1) is 0 Å². The van der Waals surface area contributed by atoms with Gasteiger partial charge >= 0.3 is 6.09 Å². The molecule has 130 valence electrons. The van der Waals surface area contributed by atoms with E-state index >= 15 is 0 Å². The summed E-state index contributed by atoms with van der Waals surface area (Å²) in [6, 6.07) is 10.5. The predicted octanol–water partition coefficient (Wildman–Crippen LogP) is 2.37. The summed E-state index contributed by atoms with van der Waals surface area (Å²) in [4.78, 5) is 29.5. The van der Waals surface area contributed by atoms with E-state index in [1.807, 2.05) is 13.0 Å². The van der Waals surface area contributed by atoms with Crippen LogP contribution in [0, 0.1) is 0 Å². The van der Waals surface area contributed by atoms with Crippen LogP contribution in [0.25, 0.3) is 0 Å². The van der Waals surface area contributed by atoms with Crippen LogP contribution in [-0.4, -0.2) is 36.7 Å². The quantitative estimate of drug-likeness (QED) is 0.872. The Hall–Kier alpha value is -3.09. The molecule has 2 aromatic rings. The third kappa shape index (κ3) is 3.88. The maximum Gasteiger partial charge on any atom is 0.414 e. The molecule has 25 heavy (non-hydrogen) atoms. The Morgan fingerprint density at radius 2 is 2.12 bits per heavy atom. The highest BCUT2D eigenvalue weighted by Crippen LogP contribution is 2.19. The van der Waals surface area contributed by atoms with Gasteiger partial charge in [-0.3, -0.25) is 9.69 Å². The summed E-state index contributed by atoms with van der Waals surface area (Å²) in [6.07, 6.45) is 1.29. The van der Waals surface area contributed by atoms with Crippen molar-refractivity contribution in [2.24, 2.45) is 0 Å². The van der Waals surface area contributed by atoms with Crippen LogP contribution in [0.4, 0.5) is 10.5 Å². The number of carbonyl (C=O) groups excluding carboxylic acids is 2. The van der Waals surface area contributed by atoms with Gasteiger partial charge in [0.25, 0.3) is 5.91 Å². The molecular formula is C18H19N3O4. The lowest BCUT2D eigenvalue weighted by atomic mass is 10.1. The van der Waals surface area contributed by atoms with Crippen molar-refractivity contribution in [2.75, 3.05) is 24.7 Å². The van der Waals surface area contributed by atoms with E-state index in [0.717, 1.165) is 5.56 Å². The zero-order valence-electron chi connectivity index (χ0n) is 13.9. The van der Waals surface area contributed by atoms with Gasteiger partial charge in [0.05, 0.1) is 13.2 Å². The molecule has 0 saturated carbocycles. The van der Waals surface area contributed by atoms with E-state index in [1.165, 1.54) is 4.90 Å². The minimum absolute atomic E-state index is 0.207. The molecule has 1 aliphatic rings. The fourth-order valence-corrected chi connectivity index (χ4v) is 2.52. The van der Waals surface area contributed by atoms with Crippen molar-refractivity contribution >= 4 is 17.7 Å². The van der Waals surface area contributed by atoms with Gasteiger partial charge in [0.2, 0.25) is 5.88 Å². The maximum atomic E-state index is 12.3. The van der Waals surface area contributed by atoms with Crippen LogP contribution in [-0.2, 0) is 11.3 Å². The normalized spacial score (nSPS) is 13.5. The summed E-state index contributed by atoms with van der Waals surface area (Å²) in [7, 11) is 0. The molecule has 0 spiro atoms. The van der Waals surface area contributed by atoms with Crippen LogP contribution in [0.15, 0.2) is 42.6 Å². The molecule has 1 N–H and O–H groups in total. The highest BCUT2D eigenvalue weighted by Gasteiger charge is 2.23. The van der Waals surface area contributed by atoms with Gasteiger partial charge in [-0.1, -0.05) is 6.07 Å². The Morgan fingerprint density at radius 3 is 2.80 bits per heavy atom. The van der Waals surface area contributed by atoms with Crippen LogP contribution >= 0.6 is 0 Å². The number of cyclic esters (lactones) is 1. The highest BCUT2D eigenvalue weighted by atomic mass is 16.6. The number of nitrogens with zero attached hydrogens (tertiary/aromatic N) is 2. The van der Waals surface area contributed by atoms with Gasteiger partial charge < -0.3 is 14.8 Å². The van der Waals surface area contributed by atoms with E-state index in [9.17, 15) is 9.59 Å². The van der Waals surface area contributed by atoms with Crippen molar-refractivity contribution in [1.29, 1.82) is 0 Å². The smallest absolute Gasteiger partial charge is 0.414 e. The van der Waals surface area contributed by atoms with Gasteiger partial charge in [0, 0.05) is 29.6 Å². The molecule has 2 heterocycles. The molecule has 0 atom stereocenters. The Morgan fingerprint density at radius 1 is 1.32 bits per heavy atom. The second kappa shape index (κ2) is 7.65. The molecule has 0 radical (unpaired) electrons. The third-order valence-corrected chi connectivity index (χ3v) is 3.77. The van der Waals surface area contributed by atoms with E-state index in [2.05, 4.69) is 10.3 Å². The lowest BCUT2D eigenvalue weighted by Gasteiger charge is -2.13. The molecule has 7 heteroatoms. The van der Waals surface area contributed by atoms with Crippen LogP contribution < -0.4 is 15.0 Å². The molecular weight excluding hydrogens is 322 g/mol. The molecule has 1 aliphatic heterocycles. The fourth-order valence-electron chi connectivity index (χ4n) is 2.52. The average Bonchev–Trinajstić information content (AvgIpc) is 3.07. The summed E-state index contributed by atoms with van der Waals surface area (Å²) in [6.45, 7) is 3.62. The molecule has 0 aliphatic carbocycles. The van der Waals surface area contributed by atoms with E-state index in [-0.39, 0.29) is 12.0 Å². The van der Waals surface area contributed by atoms with Crippen molar-refractivity contribution < 1.29 is 19.1 Å². The fraction of sp³-hybridized carbons (Fsp3) is 0.278. The standard InChI is InChI=1S/C18H19N3O4/c1-2-24-17-14(4-3-9-19-17)12-20-16(22)13-5-7-15(8-6-13)21-10-11-25-18(21)23/h3-9H,2,10-12H2,1H3,(H,20,22). The number of hydrogen-bond donors (Lipinski definition) is 1. The van der Waals surface area contributed by atoms with E-state index in [1.54, 1.807) is 36.5 Å². The van der Waals surface area contributed by atoms with Crippen LogP contribution in [0.1, 0.15) is 22.8 Å². The first kappa shape index (κ1) is 16.8. The highest BCUT2D eigenvalue weighted by molar-refractivity contribution is 5.95. The Kier molecular flexibility index (Phi) is 5.13. The number of pyridine rings is 1. The summed E-state index contributed by atoms with van der Waals surface area (Å²) in [5.74, 6) is 0.315. The zero-order chi connectivity index (χ0) is 17.6. The molecule has 3 rings (SSSR count). The lowest BCUT2D eigenvalue weighted by Crippen LogP contribution is -2.25. The summed E-state index contributed by atoms with van der Waals surface area (Å²) in [5.41, 5.74) is 2.04. The molecule has 2 amide bonds. The number of anilines is 1. The van der Waals surface area contributed by atoms with Crippen LogP contribution in [0.2, 0.25) is 0 Å². The first-order valence-electron chi connectivity index (χ1n) is 8.08. The predicted molar refractivity (Wildman–Crippen MR) is 91.7 cm³/mol. The summed E-state index contributed by atoms with van der Waals surface area (Å²) < 4.78 is 10.4. The third-order valence-electron chi connectivity index (χ3n) is 3.77. The molecule has 0 unspecified atom stereocenters. The SMILES string of the molecule is CCOc1ncccc1CNC(=O)c1ccc(N2CCOC2=O)cc1. The number of carbonyl (C=O) groups is 2. The van der Waals surface area contributed by atoms with Crippen molar-refractivity contribution in [3.8, 4) is 5.88 Å². The molecule has 1 aromatic carbocycles. The van der Waals surface area contributed by atoms with Gasteiger partial charge in [0.15, 0.2) is 0 Å². The number of amides is 2. The Bertz CT molecular complexity index is 761. The van der Waals surface area contributed by atoms with Gasteiger partial charge in [-0.05, 0) is 37.3 Å². The first-order valence-corrected chi connectivity index (χ1v) is 8.08. The number of hydrogen-bond acceptors (Lipinski definition) is 5. The second-order valence-electron chi connectivity index (χ2n) is 5.40. The first-order chi connectivity index (χ1) is 12.2. The molecule has 1 saturated heterocycles. The zero-order valence-corrected chi connectivity index (χ0v) is 13.9. The van der Waals surface area contributed by atoms with E-state index < -0.39 is 0 Å². The van der Waals surface area contributed by atoms with Gasteiger partial charge in [-0.25, -0.2) is 9.78 Å². The van der Waals surface area contributed by atoms with Gasteiger partial charge in [-0.2, -0.15) is 0 Å². The minimum Gasteiger partial charge on any atom is -0.478 e. The Labute approximate surface area is 145 Å². The second-order valence-corrected chi connectivity index (χ2v) is 5.40. The average molecular weight is 341 g/mol. The monoisotopic (exact) mass is 341 g/mol. The van der Waals surface area contributed by atoms with Crippen molar-refractivity contribution in [2.45, 2.75) is 13.5 Å². The van der Waals surface area contributed by atoms with Gasteiger partial charge in [0.1, 0.15) is 6.61 Å². The largest absolute Gasteiger partial charge is 0.478 e. The lowest BCUT2D eigenvalue weighted by molar-refractivity contribution is 0.0950. The topological polar surface area (TPSA) is 80.8 Å². The summed E-state index contributed by atoms with van der Waals surface area (Å²) in [5, 5.41) is 2.85. The van der Waals surface area contributed by atoms with E-state index in [0.29, 0.717) is 43.4 Å². The number of nitrogens with one attached hydrogen (secondary N) is 1. The van der Waals surface area contributed by atoms with Crippen LogP contribution in [0.3, 0.4) is 0 Å². The molecule has 0 bridgehead atoms. The van der Waals surface area contributed by atoms with Crippen LogP contribution in [0.5, 0.6) is 5.88 Å².